The molecule has 5 heteroatoms. The van der Waals surface area contributed by atoms with Crippen LogP contribution in [0, 0.1) is 0 Å². The normalized spacial score (nSPS) is 21.2. The van der Waals surface area contributed by atoms with Crippen LogP contribution >= 0.6 is 11.8 Å². The molecule has 116 valence electrons. The molecule has 0 radical (unpaired) electrons. The topological polar surface area (TPSA) is 54.0 Å². The van der Waals surface area contributed by atoms with E-state index in [1.54, 1.807) is 12.4 Å². The molecule has 1 saturated carbocycles. The van der Waals surface area contributed by atoms with Crippen molar-refractivity contribution >= 4 is 23.4 Å². The second kappa shape index (κ2) is 8.27. The molecule has 0 spiro atoms. The Morgan fingerprint density at radius 1 is 1.43 bits per heavy atom. The first kappa shape index (κ1) is 16.1. The van der Waals surface area contributed by atoms with E-state index in [4.69, 9.17) is 0 Å². The van der Waals surface area contributed by atoms with Crippen molar-refractivity contribution in [3.8, 4) is 0 Å². The van der Waals surface area contributed by atoms with E-state index in [1.807, 2.05) is 17.8 Å². The van der Waals surface area contributed by atoms with Crippen molar-refractivity contribution in [1.82, 2.24) is 10.3 Å². The summed E-state index contributed by atoms with van der Waals surface area (Å²) in [5, 5.41) is 7.16. The summed E-state index contributed by atoms with van der Waals surface area (Å²) >= 11 is 2.00. The van der Waals surface area contributed by atoms with Gasteiger partial charge in [0.25, 0.3) is 5.91 Å². The number of pyridine rings is 1. The smallest absolute Gasteiger partial charge is 0.255 e. The molecule has 1 aromatic rings. The van der Waals surface area contributed by atoms with Crippen molar-refractivity contribution in [1.29, 1.82) is 0 Å². The molecule has 1 fully saturated rings. The number of carbonyl (C=O) groups is 1. The minimum atomic E-state index is -0.00569. The van der Waals surface area contributed by atoms with Crippen LogP contribution in [0.15, 0.2) is 18.5 Å². The molecule has 1 aliphatic carbocycles. The fourth-order valence-corrected chi connectivity index (χ4v) is 3.85. The predicted octanol–water partition coefficient (Wildman–Crippen LogP) is 3.31. The molecule has 1 aromatic heterocycles. The minimum Gasteiger partial charge on any atom is -0.384 e. The lowest BCUT2D eigenvalue weighted by atomic mass is 10.2. The second-order valence-corrected chi connectivity index (χ2v) is 6.99. The average molecular weight is 307 g/mol. The Labute approximate surface area is 131 Å². The number of carbonyl (C=O) groups excluding carboxylic acids is 1. The summed E-state index contributed by atoms with van der Waals surface area (Å²) in [5.41, 5.74) is 1.53. The number of rotatable bonds is 7. The van der Waals surface area contributed by atoms with E-state index in [0.29, 0.717) is 16.9 Å². The first-order chi connectivity index (χ1) is 10.2. The highest BCUT2D eigenvalue weighted by Crippen LogP contribution is 2.30. The Hall–Kier alpha value is -1.23. The Morgan fingerprint density at radius 2 is 2.29 bits per heavy atom. The Kier molecular flexibility index (Phi) is 6.36. The molecule has 0 aromatic carbocycles. The molecule has 21 heavy (non-hydrogen) atoms. The molecule has 1 aliphatic rings. The number of thioether (sulfide) groups is 1. The van der Waals surface area contributed by atoms with Crippen LogP contribution in [0.5, 0.6) is 0 Å². The largest absolute Gasteiger partial charge is 0.384 e. The summed E-state index contributed by atoms with van der Waals surface area (Å²) in [7, 11) is 0. The maximum atomic E-state index is 12.5. The third-order valence-electron chi connectivity index (χ3n) is 3.75. The van der Waals surface area contributed by atoms with Gasteiger partial charge in [0.15, 0.2) is 0 Å². The van der Waals surface area contributed by atoms with E-state index in [1.165, 1.54) is 6.42 Å². The Morgan fingerprint density at radius 3 is 3.05 bits per heavy atom. The van der Waals surface area contributed by atoms with E-state index >= 15 is 0 Å². The Bertz CT molecular complexity index is 467. The average Bonchev–Trinajstić information content (AvgIpc) is 2.93. The van der Waals surface area contributed by atoms with Gasteiger partial charge in [0.05, 0.1) is 11.3 Å². The van der Waals surface area contributed by atoms with Gasteiger partial charge in [-0.05, 0) is 37.5 Å². The van der Waals surface area contributed by atoms with Gasteiger partial charge in [-0.15, -0.1) is 0 Å². The fourth-order valence-electron chi connectivity index (χ4n) is 2.71. The van der Waals surface area contributed by atoms with Crippen LogP contribution in [0.1, 0.15) is 49.9 Å². The zero-order valence-corrected chi connectivity index (χ0v) is 13.7. The maximum Gasteiger partial charge on any atom is 0.255 e. The molecular formula is C16H25N3OS. The Balaban J connectivity index is 1.94. The highest BCUT2D eigenvalue weighted by molar-refractivity contribution is 7.99. The third-order valence-corrected chi connectivity index (χ3v) is 4.99. The fraction of sp³-hybridized carbons (Fsp3) is 0.625. The van der Waals surface area contributed by atoms with Gasteiger partial charge < -0.3 is 10.6 Å². The molecule has 2 rings (SSSR count). The summed E-state index contributed by atoms with van der Waals surface area (Å²) in [6.07, 6.45) is 7.78. The van der Waals surface area contributed by atoms with Crippen molar-refractivity contribution in [2.75, 3.05) is 17.6 Å². The SMILES string of the molecule is CCCNc1ccncc1C(=O)NC1CCC(SCC)C1. The molecule has 0 aliphatic heterocycles. The molecular weight excluding hydrogens is 282 g/mol. The van der Waals surface area contributed by atoms with E-state index < -0.39 is 0 Å². The third kappa shape index (κ3) is 4.63. The van der Waals surface area contributed by atoms with Crippen LogP contribution in [0.3, 0.4) is 0 Å². The number of amides is 1. The van der Waals surface area contributed by atoms with E-state index in [9.17, 15) is 4.79 Å². The predicted molar refractivity (Wildman–Crippen MR) is 90.0 cm³/mol. The van der Waals surface area contributed by atoms with Gasteiger partial charge in [-0.1, -0.05) is 13.8 Å². The number of hydrogen-bond donors (Lipinski definition) is 2. The van der Waals surface area contributed by atoms with Crippen molar-refractivity contribution in [2.45, 2.75) is 50.8 Å². The summed E-state index contributed by atoms with van der Waals surface area (Å²) in [4.78, 5) is 16.5. The lowest BCUT2D eigenvalue weighted by Gasteiger charge is -2.15. The van der Waals surface area contributed by atoms with Gasteiger partial charge >= 0.3 is 0 Å². The van der Waals surface area contributed by atoms with Crippen molar-refractivity contribution in [3.05, 3.63) is 24.0 Å². The molecule has 2 atom stereocenters. The molecule has 0 bridgehead atoms. The highest BCUT2D eigenvalue weighted by atomic mass is 32.2. The van der Waals surface area contributed by atoms with Gasteiger partial charge in [0, 0.05) is 30.2 Å². The zero-order chi connectivity index (χ0) is 15.1. The van der Waals surface area contributed by atoms with Gasteiger partial charge in [-0.3, -0.25) is 9.78 Å². The summed E-state index contributed by atoms with van der Waals surface area (Å²) < 4.78 is 0. The lowest BCUT2D eigenvalue weighted by molar-refractivity contribution is 0.0938. The molecule has 4 nitrogen and oxygen atoms in total. The molecule has 1 heterocycles. The minimum absolute atomic E-state index is 0.00569. The lowest BCUT2D eigenvalue weighted by Crippen LogP contribution is -2.33. The number of hydrogen-bond acceptors (Lipinski definition) is 4. The molecule has 0 saturated heterocycles. The maximum absolute atomic E-state index is 12.5. The van der Waals surface area contributed by atoms with Gasteiger partial charge in [0.1, 0.15) is 0 Å². The van der Waals surface area contributed by atoms with Gasteiger partial charge in [-0.2, -0.15) is 11.8 Å². The van der Waals surface area contributed by atoms with E-state index in [-0.39, 0.29) is 5.91 Å². The van der Waals surface area contributed by atoms with Crippen molar-refractivity contribution in [3.63, 3.8) is 0 Å². The number of aromatic nitrogens is 1. The number of nitrogens with zero attached hydrogens (tertiary/aromatic N) is 1. The van der Waals surface area contributed by atoms with Crippen LogP contribution in [-0.4, -0.2) is 34.5 Å². The molecule has 1 amide bonds. The standard InChI is InChI=1S/C16H25N3OS/c1-3-8-18-15-7-9-17-11-14(15)16(20)19-12-5-6-13(10-12)21-4-2/h7,9,11-13H,3-6,8,10H2,1-2H3,(H,17,18)(H,19,20). The first-order valence-corrected chi connectivity index (χ1v) is 8.89. The van der Waals surface area contributed by atoms with Gasteiger partial charge in [0.2, 0.25) is 0 Å². The van der Waals surface area contributed by atoms with Crippen molar-refractivity contribution < 1.29 is 4.79 Å². The zero-order valence-electron chi connectivity index (χ0n) is 12.9. The number of nitrogens with one attached hydrogen (secondary N) is 2. The van der Waals surface area contributed by atoms with Crippen LogP contribution in [0.25, 0.3) is 0 Å². The van der Waals surface area contributed by atoms with Crippen LogP contribution < -0.4 is 10.6 Å². The van der Waals surface area contributed by atoms with E-state index in [2.05, 4.69) is 29.5 Å². The highest BCUT2D eigenvalue weighted by Gasteiger charge is 2.26. The molecule has 2 unspecified atom stereocenters. The first-order valence-electron chi connectivity index (χ1n) is 7.85. The van der Waals surface area contributed by atoms with Gasteiger partial charge in [-0.25, -0.2) is 0 Å². The van der Waals surface area contributed by atoms with Crippen molar-refractivity contribution in [2.24, 2.45) is 0 Å². The summed E-state index contributed by atoms with van der Waals surface area (Å²) in [5.74, 6) is 1.15. The summed E-state index contributed by atoms with van der Waals surface area (Å²) in [6, 6.07) is 2.18. The van der Waals surface area contributed by atoms with Crippen LogP contribution in [-0.2, 0) is 0 Å². The number of anilines is 1. The van der Waals surface area contributed by atoms with E-state index in [0.717, 1.165) is 37.2 Å². The van der Waals surface area contributed by atoms with Crippen LogP contribution in [0.4, 0.5) is 5.69 Å². The second-order valence-electron chi connectivity index (χ2n) is 5.41. The molecule has 2 N–H and O–H groups in total. The monoisotopic (exact) mass is 307 g/mol. The summed E-state index contributed by atoms with van der Waals surface area (Å²) in [6.45, 7) is 5.17. The van der Waals surface area contributed by atoms with Crippen LogP contribution in [0.2, 0.25) is 0 Å². The quantitative estimate of drug-likeness (QED) is 0.811.